The molecular formula is C28H33N7O. The molecule has 0 saturated carbocycles. The maximum absolute atomic E-state index is 6.27. The van der Waals surface area contributed by atoms with Crippen molar-refractivity contribution >= 4 is 27.6 Å². The number of ether oxygens (including phenoxy) is 1. The van der Waals surface area contributed by atoms with Crippen molar-refractivity contribution in [2.75, 3.05) is 38.2 Å². The van der Waals surface area contributed by atoms with Gasteiger partial charge in [-0.15, -0.1) is 0 Å². The normalized spacial score (nSPS) is 24.3. The van der Waals surface area contributed by atoms with Crippen LogP contribution in [-0.4, -0.2) is 76.5 Å². The summed E-state index contributed by atoms with van der Waals surface area (Å²) < 4.78 is 6.27. The van der Waals surface area contributed by atoms with Gasteiger partial charge in [-0.2, -0.15) is 15.1 Å². The number of nitrogens with zero attached hydrogens (tertiary/aromatic N) is 5. The Bertz CT molecular complexity index is 1420. The number of anilines is 1. The second-order valence-corrected chi connectivity index (χ2v) is 10.8. The van der Waals surface area contributed by atoms with E-state index in [0.717, 1.165) is 59.2 Å². The van der Waals surface area contributed by atoms with Crippen LogP contribution in [0.3, 0.4) is 0 Å². The standard InChI is InChI=1S/C28H33N7O/c1-17-10-19-13-29-33-25(19)12-24(17)18-5-8-23-26(11-18)31-28(36-16-22-4-3-9-34(22)2)32-27(23)35-14-20-6-7-21(15-35)30-20/h5,8,10-13,20-22,30H,3-4,6-7,9,14-16H2,1-2H3,(H,29,33)/t20-,21+,22?. The Balaban J connectivity index is 1.29. The Morgan fingerprint density at radius 2 is 1.92 bits per heavy atom. The molecule has 2 aromatic heterocycles. The van der Waals surface area contributed by atoms with E-state index in [9.17, 15) is 0 Å². The molecule has 3 aliphatic heterocycles. The van der Waals surface area contributed by atoms with E-state index in [1.54, 1.807) is 0 Å². The number of aryl methyl sites for hydroxylation is 1. The number of aromatic amines is 1. The number of rotatable bonds is 5. The number of hydrogen-bond donors (Lipinski definition) is 2. The lowest BCUT2D eigenvalue weighted by atomic mass is 9.98. The van der Waals surface area contributed by atoms with E-state index in [1.165, 1.54) is 30.4 Å². The first-order chi connectivity index (χ1) is 17.6. The van der Waals surface area contributed by atoms with Crippen LogP contribution in [0, 0.1) is 6.92 Å². The molecule has 0 spiro atoms. The van der Waals surface area contributed by atoms with E-state index < -0.39 is 0 Å². The fourth-order valence-electron chi connectivity index (χ4n) is 6.31. The van der Waals surface area contributed by atoms with Crippen LogP contribution < -0.4 is 15.0 Å². The third kappa shape index (κ3) is 3.89. The highest BCUT2D eigenvalue weighted by Crippen LogP contribution is 2.35. The molecule has 4 aromatic rings. The number of fused-ring (bicyclic) bond motifs is 4. The molecule has 3 aliphatic rings. The van der Waals surface area contributed by atoms with Crippen molar-refractivity contribution < 1.29 is 4.74 Å². The summed E-state index contributed by atoms with van der Waals surface area (Å²) >= 11 is 0. The number of nitrogens with one attached hydrogen (secondary N) is 2. The summed E-state index contributed by atoms with van der Waals surface area (Å²) in [5, 5.41) is 13.3. The van der Waals surface area contributed by atoms with Crippen molar-refractivity contribution in [3.05, 3.63) is 42.1 Å². The summed E-state index contributed by atoms with van der Waals surface area (Å²) in [5.41, 5.74) is 5.52. The van der Waals surface area contributed by atoms with Gasteiger partial charge in [0.25, 0.3) is 0 Å². The number of hydrogen-bond acceptors (Lipinski definition) is 7. The van der Waals surface area contributed by atoms with Gasteiger partial charge in [-0.25, -0.2) is 0 Å². The average molecular weight is 484 g/mol. The molecule has 1 unspecified atom stereocenters. The first-order valence-electron chi connectivity index (χ1n) is 13.2. The Hall–Kier alpha value is -3.23. The van der Waals surface area contributed by atoms with Crippen LogP contribution >= 0.6 is 0 Å². The molecule has 3 atom stereocenters. The van der Waals surface area contributed by atoms with Crippen LogP contribution in [0.15, 0.2) is 36.5 Å². The van der Waals surface area contributed by atoms with Crippen LogP contribution in [0.1, 0.15) is 31.2 Å². The molecule has 0 aliphatic carbocycles. The zero-order valence-electron chi connectivity index (χ0n) is 21.0. The predicted molar refractivity (Wildman–Crippen MR) is 143 cm³/mol. The largest absolute Gasteiger partial charge is 0.462 e. The number of aromatic nitrogens is 4. The van der Waals surface area contributed by atoms with E-state index >= 15 is 0 Å². The first kappa shape index (κ1) is 22.0. The second-order valence-electron chi connectivity index (χ2n) is 10.8. The Morgan fingerprint density at radius 3 is 2.72 bits per heavy atom. The SMILES string of the molecule is Cc1cc2cn[nH]c2cc1-c1ccc2c(N3C[C@H]4CC[C@@H](C3)N4)nc(OCC3CCCN3C)nc2c1. The molecule has 2 N–H and O–H groups in total. The lowest BCUT2D eigenvalue weighted by Gasteiger charge is -2.34. The third-order valence-corrected chi connectivity index (χ3v) is 8.34. The lowest BCUT2D eigenvalue weighted by molar-refractivity contribution is 0.188. The van der Waals surface area contributed by atoms with Crippen molar-refractivity contribution in [2.24, 2.45) is 0 Å². The number of H-pyrrole nitrogens is 1. The van der Waals surface area contributed by atoms with Gasteiger partial charge in [-0.1, -0.05) is 6.07 Å². The Kier molecular flexibility index (Phi) is 5.32. The summed E-state index contributed by atoms with van der Waals surface area (Å²) in [7, 11) is 2.18. The Morgan fingerprint density at radius 1 is 1.06 bits per heavy atom. The summed E-state index contributed by atoms with van der Waals surface area (Å²) in [4.78, 5) is 14.7. The van der Waals surface area contributed by atoms with Crippen molar-refractivity contribution in [2.45, 2.75) is 50.7 Å². The summed E-state index contributed by atoms with van der Waals surface area (Å²) in [6.45, 7) is 5.87. The highest BCUT2D eigenvalue weighted by Gasteiger charge is 2.34. The van der Waals surface area contributed by atoms with E-state index in [2.05, 4.69) is 69.6 Å². The molecule has 8 heteroatoms. The third-order valence-electron chi connectivity index (χ3n) is 8.34. The number of likely N-dealkylation sites (N-methyl/N-ethyl adjacent to an activating group) is 1. The molecule has 5 heterocycles. The molecule has 36 heavy (non-hydrogen) atoms. The smallest absolute Gasteiger partial charge is 0.319 e. The zero-order chi connectivity index (χ0) is 24.2. The molecule has 2 bridgehead atoms. The minimum Gasteiger partial charge on any atom is -0.462 e. The fourth-order valence-corrected chi connectivity index (χ4v) is 6.31. The molecule has 3 fully saturated rings. The van der Waals surface area contributed by atoms with E-state index in [-0.39, 0.29) is 0 Å². The minimum absolute atomic E-state index is 0.429. The number of piperazine rings is 1. The lowest BCUT2D eigenvalue weighted by Crippen LogP contribution is -2.51. The molecule has 3 saturated heterocycles. The predicted octanol–water partition coefficient (Wildman–Crippen LogP) is 3.90. The van der Waals surface area contributed by atoms with E-state index in [4.69, 9.17) is 14.7 Å². The van der Waals surface area contributed by atoms with Gasteiger partial charge in [-0.05, 0) is 87.2 Å². The Labute approximate surface area is 211 Å². The monoisotopic (exact) mass is 483 g/mol. The summed E-state index contributed by atoms with van der Waals surface area (Å²) in [6, 6.07) is 12.9. The van der Waals surface area contributed by atoms with Crippen LogP contribution in [-0.2, 0) is 0 Å². The fraction of sp³-hybridized carbons (Fsp3) is 0.464. The van der Waals surface area contributed by atoms with Crippen LogP contribution in [0.25, 0.3) is 32.9 Å². The van der Waals surface area contributed by atoms with Crippen molar-refractivity contribution in [1.82, 2.24) is 30.4 Å². The van der Waals surface area contributed by atoms with Gasteiger partial charge in [0, 0.05) is 42.0 Å². The van der Waals surface area contributed by atoms with Gasteiger partial charge in [0.15, 0.2) is 0 Å². The van der Waals surface area contributed by atoms with E-state index in [1.807, 2.05) is 6.20 Å². The zero-order valence-corrected chi connectivity index (χ0v) is 21.0. The van der Waals surface area contributed by atoms with Crippen molar-refractivity contribution in [3.63, 3.8) is 0 Å². The van der Waals surface area contributed by atoms with Crippen LogP contribution in [0.2, 0.25) is 0 Å². The average Bonchev–Trinajstić information content (AvgIpc) is 3.60. The van der Waals surface area contributed by atoms with Crippen molar-refractivity contribution in [1.29, 1.82) is 0 Å². The summed E-state index contributed by atoms with van der Waals surface area (Å²) in [5.74, 6) is 1.00. The molecular weight excluding hydrogens is 450 g/mol. The first-order valence-corrected chi connectivity index (χ1v) is 13.2. The van der Waals surface area contributed by atoms with Gasteiger partial charge in [-0.3, -0.25) is 5.10 Å². The van der Waals surface area contributed by atoms with Crippen LogP contribution in [0.5, 0.6) is 6.01 Å². The van der Waals surface area contributed by atoms with Gasteiger partial charge < -0.3 is 19.9 Å². The van der Waals surface area contributed by atoms with Gasteiger partial charge in [0.2, 0.25) is 0 Å². The van der Waals surface area contributed by atoms with Gasteiger partial charge >= 0.3 is 6.01 Å². The second kappa shape index (κ2) is 8.71. The maximum Gasteiger partial charge on any atom is 0.319 e. The van der Waals surface area contributed by atoms with Gasteiger partial charge in [0.05, 0.1) is 17.2 Å². The molecule has 0 amide bonds. The number of likely N-dealkylation sites (tertiary alicyclic amines) is 1. The molecule has 2 aromatic carbocycles. The summed E-state index contributed by atoms with van der Waals surface area (Å²) in [6.07, 6.45) is 6.74. The van der Waals surface area contributed by atoms with Crippen molar-refractivity contribution in [3.8, 4) is 17.1 Å². The highest BCUT2D eigenvalue weighted by molar-refractivity contribution is 5.94. The van der Waals surface area contributed by atoms with Gasteiger partial charge in [0.1, 0.15) is 12.4 Å². The molecule has 0 radical (unpaired) electrons. The topological polar surface area (TPSA) is 82.2 Å². The molecule has 7 rings (SSSR count). The quantitative estimate of drug-likeness (QED) is 0.446. The highest BCUT2D eigenvalue weighted by atomic mass is 16.5. The van der Waals surface area contributed by atoms with Crippen LogP contribution in [0.4, 0.5) is 5.82 Å². The number of benzene rings is 2. The van der Waals surface area contributed by atoms with E-state index in [0.29, 0.717) is 30.7 Å². The molecule has 8 nitrogen and oxygen atoms in total. The molecule has 186 valence electrons. The maximum atomic E-state index is 6.27. The minimum atomic E-state index is 0.429.